The Morgan fingerprint density at radius 2 is 1.74 bits per heavy atom. The third kappa shape index (κ3) is 8.37. The maximum absolute atomic E-state index is 11.1. The van der Waals surface area contributed by atoms with Crippen LogP contribution < -0.4 is 4.74 Å². The average molecular weight is 463 g/mol. The molecule has 6 heteroatoms. The predicted octanol–water partition coefficient (Wildman–Crippen LogP) is 5.47. The molecule has 1 aliphatic carbocycles. The highest BCUT2D eigenvalue weighted by Gasteiger charge is 2.20. The number of cyclic esters (lactones) is 2. The number of phenolic OH excluding ortho intramolecular Hbond substituents is 1. The van der Waals surface area contributed by atoms with Gasteiger partial charge in [-0.2, -0.15) is 0 Å². The van der Waals surface area contributed by atoms with Crippen molar-refractivity contribution in [3.8, 4) is 11.5 Å². The Morgan fingerprint density at radius 1 is 0.971 bits per heavy atom. The number of ether oxygens (including phenoxy) is 3. The topological polar surface area (TPSA) is 82.1 Å². The molecule has 2 aliphatic rings. The molecule has 6 nitrogen and oxygen atoms in total. The largest absolute Gasteiger partial charge is 0.508 e. The standard InChI is InChI=1S/C16H22O2.C12H8O4/c1-2-14-7-6-10-16(13-14)18-12-11-17-15-8-4-3-5-9-15;13-10-3-1-2-8(6-10)4-5-9-7-11(14)16-12(9)15/h2,6-7,10,13,15H,1,3-5,8-9,11-12H2;1-7,13H. The number of hydrogen-bond acceptors (Lipinski definition) is 6. The van der Waals surface area contributed by atoms with Crippen LogP contribution in [0.1, 0.15) is 43.2 Å². The fourth-order valence-electron chi connectivity index (χ4n) is 3.63. The zero-order valence-corrected chi connectivity index (χ0v) is 19.2. The number of aromatic hydroxyl groups is 1. The summed E-state index contributed by atoms with van der Waals surface area (Å²) in [4.78, 5) is 21.8. The molecule has 0 atom stereocenters. The normalized spacial score (nSPS) is 15.9. The van der Waals surface area contributed by atoms with Crippen LogP contribution in [0.5, 0.6) is 11.5 Å². The number of hydrogen-bond donors (Lipinski definition) is 1. The second-order valence-electron chi connectivity index (χ2n) is 7.99. The first-order valence-electron chi connectivity index (χ1n) is 11.5. The molecule has 0 bridgehead atoms. The Hall–Kier alpha value is -3.64. The summed E-state index contributed by atoms with van der Waals surface area (Å²) in [7, 11) is 0. The SMILES string of the molecule is C=Cc1cccc(OCCOC2CCCCC2)c1.O=C1C=C(C=Cc2cccc(O)c2)C(=O)O1. The number of carbonyl (C=O) groups excluding carboxylic acids is 2. The lowest BCUT2D eigenvalue weighted by atomic mass is 9.98. The third-order valence-corrected chi connectivity index (χ3v) is 5.38. The van der Waals surface area contributed by atoms with E-state index >= 15 is 0 Å². The second kappa shape index (κ2) is 13.2. The van der Waals surface area contributed by atoms with Crippen LogP contribution in [0.15, 0.2) is 72.8 Å². The molecule has 2 aromatic carbocycles. The van der Waals surface area contributed by atoms with Crippen molar-refractivity contribution in [1.29, 1.82) is 0 Å². The summed E-state index contributed by atoms with van der Waals surface area (Å²) in [6, 6.07) is 14.5. The highest BCUT2D eigenvalue weighted by atomic mass is 16.6. The van der Waals surface area contributed by atoms with Gasteiger partial charge < -0.3 is 19.3 Å². The van der Waals surface area contributed by atoms with Crippen molar-refractivity contribution in [2.24, 2.45) is 0 Å². The van der Waals surface area contributed by atoms with E-state index in [1.54, 1.807) is 30.3 Å². The fourth-order valence-corrected chi connectivity index (χ4v) is 3.63. The highest BCUT2D eigenvalue weighted by molar-refractivity contribution is 6.11. The van der Waals surface area contributed by atoms with Crippen molar-refractivity contribution in [2.75, 3.05) is 13.2 Å². The molecule has 0 amide bonds. The van der Waals surface area contributed by atoms with Gasteiger partial charge in [-0.25, -0.2) is 9.59 Å². The van der Waals surface area contributed by atoms with Crippen molar-refractivity contribution in [3.63, 3.8) is 0 Å². The van der Waals surface area contributed by atoms with Gasteiger partial charge in [0.2, 0.25) is 0 Å². The number of rotatable bonds is 8. The highest BCUT2D eigenvalue weighted by Crippen LogP contribution is 2.20. The van der Waals surface area contributed by atoms with Crippen LogP contribution in [-0.2, 0) is 19.1 Å². The molecule has 0 saturated heterocycles. The van der Waals surface area contributed by atoms with E-state index in [1.165, 1.54) is 38.2 Å². The molecule has 4 rings (SSSR count). The molecule has 1 aliphatic heterocycles. The van der Waals surface area contributed by atoms with Crippen LogP contribution >= 0.6 is 0 Å². The van der Waals surface area contributed by atoms with Gasteiger partial charge in [-0.15, -0.1) is 0 Å². The summed E-state index contributed by atoms with van der Waals surface area (Å²) < 4.78 is 15.8. The van der Waals surface area contributed by atoms with Gasteiger partial charge in [0, 0.05) is 6.08 Å². The molecule has 34 heavy (non-hydrogen) atoms. The Morgan fingerprint density at radius 3 is 2.44 bits per heavy atom. The van der Waals surface area contributed by atoms with Crippen LogP contribution in [-0.4, -0.2) is 36.4 Å². The molecule has 0 unspecified atom stereocenters. The van der Waals surface area contributed by atoms with E-state index in [1.807, 2.05) is 30.3 Å². The first-order valence-corrected chi connectivity index (χ1v) is 11.5. The molecule has 178 valence electrons. The van der Waals surface area contributed by atoms with Crippen LogP contribution in [0.25, 0.3) is 12.2 Å². The van der Waals surface area contributed by atoms with E-state index in [0.29, 0.717) is 19.3 Å². The summed E-state index contributed by atoms with van der Waals surface area (Å²) in [5.74, 6) is -0.275. The van der Waals surface area contributed by atoms with Crippen LogP contribution in [0.2, 0.25) is 0 Å². The van der Waals surface area contributed by atoms with E-state index < -0.39 is 11.9 Å². The molecule has 0 radical (unpaired) electrons. The number of esters is 2. The van der Waals surface area contributed by atoms with Gasteiger partial charge in [0.1, 0.15) is 18.1 Å². The van der Waals surface area contributed by atoms with Gasteiger partial charge in [0.15, 0.2) is 0 Å². The molecule has 1 saturated carbocycles. The van der Waals surface area contributed by atoms with Crippen molar-refractivity contribution >= 4 is 24.1 Å². The average Bonchev–Trinajstić information content (AvgIpc) is 3.18. The van der Waals surface area contributed by atoms with Gasteiger partial charge in [0.25, 0.3) is 0 Å². The quantitative estimate of drug-likeness (QED) is 0.318. The smallest absolute Gasteiger partial charge is 0.346 e. The van der Waals surface area contributed by atoms with Crippen molar-refractivity contribution in [2.45, 2.75) is 38.2 Å². The minimum Gasteiger partial charge on any atom is -0.508 e. The van der Waals surface area contributed by atoms with Crippen molar-refractivity contribution < 1.29 is 28.9 Å². The zero-order chi connectivity index (χ0) is 24.2. The van der Waals surface area contributed by atoms with Gasteiger partial charge >= 0.3 is 11.9 Å². The van der Waals surface area contributed by atoms with Gasteiger partial charge in [-0.3, -0.25) is 0 Å². The molecule has 0 aromatic heterocycles. The third-order valence-electron chi connectivity index (χ3n) is 5.38. The van der Waals surface area contributed by atoms with E-state index in [4.69, 9.17) is 9.47 Å². The summed E-state index contributed by atoms with van der Waals surface area (Å²) in [6.45, 7) is 5.06. The van der Waals surface area contributed by atoms with Gasteiger partial charge in [-0.05, 0) is 54.3 Å². The van der Waals surface area contributed by atoms with Gasteiger partial charge in [-0.1, -0.05) is 62.3 Å². The molecule has 0 spiro atoms. The summed E-state index contributed by atoms with van der Waals surface area (Å²) in [5, 5.41) is 9.20. The summed E-state index contributed by atoms with van der Waals surface area (Å²) in [6.07, 6.45) is 12.9. The minimum absolute atomic E-state index is 0.140. The fraction of sp³-hybridized carbons (Fsp3) is 0.286. The lowest BCUT2D eigenvalue weighted by molar-refractivity contribution is -0.150. The number of benzene rings is 2. The molecule has 1 N–H and O–H groups in total. The van der Waals surface area contributed by atoms with E-state index in [9.17, 15) is 14.7 Å². The Labute approximate surface area is 200 Å². The molecule has 1 fully saturated rings. The van der Waals surface area contributed by atoms with Gasteiger partial charge in [0.05, 0.1) is 18.3 Å². The number of carbonyl (C=O) groups is 2. The minimum atomic E-state index is -0.652. The Balaban J connectivity index is 0.000000192. The Bertz CT molecular complexity index is 1050. The maximum Gasteiger partial charge on any atom is 0.346 e. The van der Waals surface area contributed by atoms with E-state index in [2.05, 4.69) is 11.3 Å². The second-order valence-corrected chi connectivity index (χ2v) is 7.99. The zero-order valence-electron chi connectivity index (χ0n) is 19.2. The van der Waals surface area contributed by atoms with Crippen LogP contribution in [0.4, 0.5) is 0 Å². The van der Waals surface area contributed by atoms with E-state index in [-0.39, 0.29) is 11.3 Å². The lowest BCUT2D eigenvalue weighted by Crippen LogP contribution is -2.19. The monoisotopic (exact) mass is 462 g/mol. The molecular formula is C28H30O6. The molecular weight excluding hydrogens is 432 g/mol. The lowest BCUT2D eigenvalue weighted by Gasteiger charge is -2.21. The Kier molecular flexibility index (Phi) is 9.67. The van der Waals surface area contributed by atoms with E-state index in [0.717, 1.165) is 23.0 Å². The maximum atomic E-state index is 11.1. The van der Waals surface area contributed by atoms with Crippen LogP contribution in [0, 0.1) is 0 Å². The molecule has 2 aromatic rings. The number of phenols is 1. The first kappa shape index (κ1) is 25.0. The summed E-state index contributed by atoms with van der Waals surface area (Å²) >= 11 is 0. The first-order chi connectivity index (χ1) is 16.5. The summed E-state index contributed by atoms with van der Waals surface area (Å²) in [5.41, 5.74) is 2.02. The van der Waals surface area contributed by atoms with Crippen LogP contribution in [0.3, 0.4) is 0 Å². The van der Waals surface area contributed by atoms with Crippen molar-refractivity contribution in [1.82, 2.24) is 0 Å². The predicted molar refractivity (Wildman–Crippen MR) is 131 cm³/mol. The molecule has 1 heterocycles. The van der Waals surface area contributed by atoms with Crippen molar-refractivity contribution in [3.05, 3.63) is 84.0 Å².